The van der Waals surface area contributed by atoms with Gasteiger partial charge in [-0.1, -0.05) is 13.8 Å². The van der Waals surface area contributed by atoms with Crippen molar-refractivity contribution in [1.82, 2.24) is 0 Å². The van der Waals surface area contributed by atoms with Crippen molar-refractivity contribution < 1.29 is 0 Å². The van der Waals surface area contributed by atoms with Gasteiger partial charge < -0.3 is 0 Å². The highest BCUT2D eigenvalue weighted by atomic mass is 32.2. The van der Waals surface area contributed by atoms with E-state index in [0.717, 1.165) is 0 Å². The molecule has 0 N–H and O–H groups in total. The third-order valence-corrected chi connectivity index (χ3v) is 3.81. The lowest BCUT2D eigenvalue weighted by molar-refractivity contribution is 0.418. The summed E-state index contributed by atoms with van der Waals surface area (Å²) in [6.07, 6.45) is 5.68. The van der Waals surface area contributed by atoms with Crippen molar-refractivity contribution in [2.75, 3.05) is 24.0 Å². The predicted molar refractivity (Wildman–Crippen MR) is 55.2 cm³/mol. The van der Waals surface area contributed by atoms with E-state index in [9.17, 15) is 0 Å². The standard InChI is InChI=1S/C8H18S2/c1-5-8(2,6-9-3)7-10-4/h5-7H2,1-4H3. The fraction of sp³-hybridized carbons (Fsp3) is 1.00. The minimum atomic E-state index is 0.568. The summed E-state index contributed by atoms with van der Waals surface area (Å²) in [5.74, 6) is 2.59. The fourth-order valence-electron chi connectivity index (χ4n) is 0.943. The first kappa shape index (κ1) is 10.7. The Hall–Kier alpha value is 0.700. The van der Waals surface area contributed by atoms with Crippen LogP contribution in [0.2, 0.25) is 0 Å². The summed E-state index contributed by atoms with van der Waals surface area (Å²) in [7, 11) is 0. The second kappa shape index (κ2) is 5.36. The largest absolute Gasteiger partial charge is 0.165 e. The summed E-state index contributed by atoms with van der Waals surface area (Å²) in [6.45, 7) is 4.66. The highest BCUT2D eigenvalue weighted by molar-refractivity contribution is 7.99. The van der Waals surface area contributed by atoms with Gasteiger partial charge in [-0.25, -0.2) is 0 Å². The van der Waals surface area contributed by atoms with Crippen LogP contribution >= 0.6 is 23.5 Å². The Morgan fingerprint density at radius 3 is 1.70 bits per heavy atom. The molecule has 0 aliphatic heterocycles. The highest BCUT2D eigenvalue weighted by Crippen LogP contribution is 2.28. The Labute approximate surface area is 73.5 Å². The van der Waals surface area contributed by atoms with Crippen molar-refractivity contribution in [1.29, 1.82) is 0 Å². The molecule has 0 spiro atoms. The second-order valence-corrected chi connectivity index (χ2v) is 4.76. The van der Waals surface area contributed by atoms with Crippen molar-refractivity contribution in [2.45, 2.75) is 20.3 Å². The van der Waals surface area contributed by atoms with E-state index in [0.29, 0.717) is 5.41 Å². The molecule has 0 amide bonds. The Morgan fingerprint density at radius 1 is 1.10 bits per heavy atom. The van der Waals surface area contributed by atoms with Crippen LogP contribution in [0.4, 0.5) is 0 Å². The lowest BCUT2D eigenvalue weighted by Crippen LogP contribution is -2.21. The maximum absolute atomic E-state index is 2.38. The first-order chi connectivity index (χ1) is 4.68. The third-order valence-electron chi connectivity index (χ3n) is 1.84. The molecular formula is C8H18S2. The molecule has 0 saturated carbocycles. The summed E-state index contributed by atoms with van der Waals surface area (Å²) < 4.78 is 0. The molecule has 0 atom stereocenters. The van der Waals surface area contributed by atoms with E-state index in [1.165, 1.54) is 17.9 Å². The molecule has 0 aliphatic carbocycles. The quantitative estimate of drug-likeness (QED) is 0.634. The zero-order valence-electron chi connectivity index (χ0n) is 7.44. The van der Waals surface area contributed by atoms with Crippen molar-refractivity contribution in [3.63, 3.8) is 0 Å². The van der Waals surface area contributed by atoms with Crippen LogP contribution < -0.4 is 0 Å². The Kier molecular flexibility index (Phi) is 5.74. The summed E-state index contributed by atoms with van der Waals surface area (Å²) in [5, 5.41) is 0. The molecular weight excluding hydrogens is 160 g/mol. The van der Waals surface area contributed by atoms with Crippen LogP contribution in [0.5, 0.6) is 0 Å². The summed E-state index contributed by atoms with van der Waals surface area (Å²) in [6, 6.07) is 0. The van der Waals surface area contributed by atoms with Crippen LogP contribution in [0, 0.1) is 5.41 Å². The van der Waals surface area contributed by atoms with Crippen molar-refractivity contribution in [3.8, 4) is 0 Å². The molecule has 0 rings (SSSR count). The topological polar surface area (TPSA) is 0 Å². The summed E-state index contributed by atoms with van der Waals surface area (Å²) >= 11 is 3.92. The number of hydrogen-bond acceptors (Lipinski definition) is 2. The molecule has 0 aromatic rings. The third kappa shape index (κ3) is 3.77. The van der Waals surface area contributed by atoms with Crippen molar-refractivity contribution in [2.24, 2.45) is 5.41 Å². The van der Waals surface area contributed by atoms with Gasteiger partial charge in [0.05, 0.1) is 0 Å². The molecule has 0 radical (unpaired) electrons. The maximum atomic E-state index is 2.38. The van der Waals surface area contributed by atoms with Gasteiger partial charge >= 0.3 is 0 Å². The van der Waals surface area contributed by atoms with E-state index in [4.69, 9.17) is 0 Å². The van der Waals surface area contributed by atoms with Crippen LogP contribution in [0.3, 0.4) is 0 Å². The smallest absolute Gasteiger partial charge is 0.000843 e. The number of thioether (sulfide) groups is 2. The summed E-state index contributed by atoms with van der Waals surface area (Å²) in [4.78, 5) is 0. The van der Waals surface area contributed by atoms with Gasteiger partial charge in [0.2, 0.25) is 0 Å². The van der Waals surface area contributed by atoms with E-state index in [1.54, 1.807) is 0 Å². The molecule has 10 heavy (non-hydrogen) atoms. The molecule has 0 aromatic heterocycles. The van der Waals surface area contributed by atoms with Gasteiger partial charge in [-0.3, -0.25) is 0 Å². The normalized spacial score (nSPS) is 12.0. The van der Waals surface area contributed by atoms with Crippen LogP contribution in [-0.2, 0) is 0 Å². The molecule has 0 saturated heterocycles. The Morgan fingerprint density at radius 2 is 1.50 bits per heavy atom. The van der Waals surface area contributed by atoms with Gasteiger partial charge in [0.1, 0.15) is 0 Å². The van der Waals surface area contributed by atoms with E-state index >= 15 is 0 Å². The molecule has 0 aromatic carbocycles. The first-order valence-corrected chi connectivity index (χ1v) is 6.45. The molecule has 62 valence electrons. The van der Waals surface area contributed by atoms with Crippen LogP contribution in [0.1, 0.15) is 20.3 Å². The number of rotatable bonds is 5. The van der Waals surface area contributed by atoms with Gasteiger partial charge in [-0.05, 0) is 35.9 Å². The average molecular weight is 178 g/mol. The van der Waals surface area contributed by atoms with E-state index in [-0.39, 0.29) is 0 Å². The average Bonchev–Trinajstić information content (AvgIpc) is 1.89. The van der Waals surface area contributed by atoms with Gasteiger partial charge in [-0.15, -0.1) is 0 Å². The van der Waals surface area contributed by atoms with Crippen LogP contribution in [-0.4, -0.2) is 24.0 Å². The van der Waals surface area contributed by atoms with E-state index in [2.05, 4.69) is 26.4 Å². The van der Waals surface area contributed by atoms with Gasteiger partial charge in [-0.2, -0.15) is 23.5 Å². The summed E-state index contributed by atoms with van der Waals surface area (Å²) in [5.41, 5.74) is 0.568. The van der Waals surface area contributed by atoms with Gasteiger partial charge in [0.25, 0.3) is 0 Å². The molecule has 0 bridgehead atoms. The predicted octanol–water partition coefficient (Wildman–Crippen LogP) is 3.13. The van der Waals surface area contributed by atoms with Crippen molar-refractivity contribution in [3.05, 3.63) is 0 Å². The van der Waals surface area contributed by atoms with Gasteiger partial charge in [0, 0.05) is 0 Å². The highest BCUT2D eigenvalue weighted by Gasteiger charge is 2.19. The zero-order valence-corrected chi connectivity index (χ0v) is 9.07. The zero-order chi connectivity index (χ0) is 8.04. The van der Waals surface area contributed by atoms with E-state index < -0.39 is 0 Å². The van der Waals surface area contributed by atoms with E-state index in [1.807, 2.05) is 23.5 Å². The van der Waals surface area contributed by atoms with Crippen molar-refractivity contribution >= 4 is 23.5 Å². The fourth-order valence-corrected chi connectivity index (χ4v) is 3.08. The maximum Gasteiger partial charge on any atom is -0.000843 e. The minimum Gasteiger partial charge on any atom is -0.165 e. The van der Waals surface area contributed by atoms with Crippen LogP contribution in [0.15, 0.2) is 0 Å². The number of hydrogen-bond donors (Lipinski definition) is 0. The lowest BCUT2D eigenvalue weighted by atomic mass is 9.93. The SMILES string of the molecule is CCC(C)(CSC)CSC. The minimum absolute atomic E-state index is 0.568. The lowest BCUT2D eigenvalue weighted by Gasteiger charge is -2.25. The van der Waals surface area contributed by atoms with Crippen LogP contribution in [0.25, 0.3) is 0 Å². The molecule has 0 fully saturated rings. The second-order valence-electron chi connectivity index (χ2n) is 3.03. The molecule has 0 unspecified atom stereocenters. The Balaban J connectivity index is 3.69. The monoisotopic (exact) mass is 178 g/mol. The van der Waals surface area contributed by atoms with Gasteiger partial charge in [0.15, 0.2) is 0 Å². The molecule has 0 aliphatic rings. The molecule has 0 heterocycles. The Bertz CT molecular complexity index is 75.3. The molecule has 0 nitrogen and oxygen atoms in total. The first-order valence-electron chi connectivity index (χ1n) is 3.66. The molecule has 2 heteroatoms.